The number of carbonyl (C=O) groups is 1. The van der Waals surface area contributed by atoms with Gasteiger partial charge in [0.2, 0.25) is 5.91 Å². The van der Waals surface area contributed by atoms with Gasteiger partial charge in [-0.2, -0.15) is 5.10 Å². The second-order valence-corrected chi connectivity index (χ2v) is 8.00. The number of amides is 1. The third kappa shape index (κ3) is 4.88. The lowest BCUT2D eigenvalue weighted by Gasteiger charge is -2.14. The van der Waals surface area contributed by atoms with Gasteiger partial charge in [0.1, 0.15) is 22.9 Å². The summed E-state index contributed by atoms with van der Waals surface area (Å²) in [5.74, 6) is 1.30. The number of carbonyl (C=O) groups excluding carboxylic acids is 1. The summed E-state index contributed by atoms with van der Waals surface area (Å²) in [7, 11) is 4.64. The molecule has 2 heterocycles. The fourth-order valence-electron chi connectivity index (χ4n) is 3.32. The Balaban J connectivity index is 1.44. The van der Waals surface area contributed by atoms with Gasteiger partial charge in [-0.15, -0.1) is 0 Å². The predicted molar refractivity (Wildman–Crippen MR) is 125 cm³/mol. The van der Waals surface area contributed by atoms with Crippen molar-refractivity contribution >= 4 is 28.7 Å². The van der Waals surface area contributed by atoms with Crippen LogP contribution < -0.4 is 19.5 Å². The van der Waals surface area contributed by atoms with Crippen LogP contribution in [0.3, 0.4) is 0 Å². The van der Waals surface area contributed by atoms with Crippen LogP contribution in [0.2, 0.25) is 0 Å². The first-order chi connectivity index (χ1) is 16.5. The van der Waals surface area contributed by atoms with Gasteiger partial charge in [0.05, 0.1) is 44.4 Å². The van der Waals surface area contributed by atoms with Gasteiger partial charge in [-0.3, -0.25) is 4.79 Å². The molecule has 4 aromatic rings. The highest BCUT2D eigenvalue weighted by atomic mass is 32.2. The molecule has 0 atom stereocenters. The maximum absolute atomic E-state index is 13.3. The minimum Gasteiger partial charge on any atom is -0.496 e. The van der Waals surface area contributed by atoms with Crippen LogP contribution in [0.15, 0.2) is 53.9 Å². The van der Waals surface area contributed by atoms with E-state index in [0.717, 1.165) is 5.56 Å². The van der Waals surface area contributed by atoms with Gasteiger partial charge in [-0.05, 0) is 30.3 Å². The molecule has 0 bridgehead atoms. The fraction of sp³-hybridized carbons (Fsp3) is 0.217. The largest absolute Gasteiger partial charge is 0.496 e. The van der Waals surface area contributed by atoms with Crippen molar-refractivity contribution in [3.05, 3.63) is 60.3 Å². The van der Waals surface area contributed by atoms with E-state index in [-0.39, 0.29) is 24.0 Å². The average molecular weight is 484 g/mol. The molecule has 11 heteroatoms. The molecule has 0 spiro atoms. The molecule has 0 unspecified atom stereocenters. The number of aromatic nitrogens is 4. The standard InChI is InChI=1S/C23H22FN5O4S/c1-31-18-9-20(33-3)19(32-2)8-14(18)10-25-21(30)12-34-23-17-11-28-29(22(17)26-13-27-23)16-6-4-15(24)5-7-16/h4-9,11,13H,10,12H2,1-3H3,(H,25,30). The molecule has 0 fully saturated rings. The van der Waals surface area contributed by atoms with E-state index in [1.807, 2.05) is 0 Å². The molecular formula is C23H22FN5O4S. The Morgan fingerprint density at radius 1 is 1.03 bits per heavy atom. The van der Waals surface area contributed by atoms with Gasteiger partial charge in [0, 0.05) is 18.2 Å². The summed E-state index contributed by atoms with van der Waals surface area (Å²) in [6, 6.07) is 9.43. The number of fused-ring (bicyclic) bond motifs is 1. The first-order valence-electron chi connectivity index (χ1n) is 10.2. The number of thioether (sulfide) groups is 1. The van der Waals surface area contributed by atoms with Crippen molar-refractivity contribution in [3.8, 4) is 22.9 Å². The summed E-state index contributed by atoms with van der Waals surface area (Å²) < 4.78 is 30.9. The van der Waals surface area contributed by atoms with Crippen LogP contribution in [0.1, 0.15) is 5.56 Å². The smallest absolute Gasteiger partial charge is 0.230 e. The minimum atomic E-state index is -0.331. The lowest BCUT2D eigenvalue weighted by atomic mass is 10.1. The molecule has 0 radical (unpaired) electrons. The van der Waals surface area contributed by atoms with Crippen LogP contribution in [0.4, 0.5) is 4.39 Å². The maximum atomic E-state index is 13.3. The number of methoxy groups -OCH3 is 3. The summed E-state index contributed by atoms with van der Waals surface area (Å²) in [5, 5.41) is 8.55. The summed E-state index contributed by atoms with van der Waals surface area (Å²) in [5.41, 5.74) is 2.00. The quantitative estimate of drug-likeness (QED) is 0.286. The number of hydrogen-bond donors (Lipinski definition) is 1. The molecule has 0 saturated heterocycles. The van der Waals surface area contributed by atoms with Crippen molar-refractivity contribution in [2.45, 2.75) is 11.6 Å². The van der Waals surface area contributed by atoms with Crippen molar-refractivity contribution < 1.29 is 23.4 Å². The van der Waals surface area contributed by atoms with E-state index in [4.69, 9.17) is 14.2 Å². The first kappa shape index (κ1) is 23.3. The summed E-state index contributed by atoms with van der Waals surface area (Å²) >= 11 is 1.28. The molecular weight excluding hydrogens is 461 g/mol. The lowest BCUT2D eigenvalue weighted by Crippen LogP contribution is -2.25. The van der Waals surface area contributed by atoms with Gasteiger partial charge >= 0.3 is 0 Å². The topological polar surface area (TPSA) is 100 Å². The van der Waals surface area contributed by atoms with Crippen molar-refractivity contribution in [3.63, 3.8) is 0 Å². The predicted octanol–water partition coefficient (Wildman–Crippen LogP) is 3.39. The van der Waals surface area contributed by atoms with E-state index in [0.29, 0.717) is 39.0 Å². The average Bonchev–Trinajstić information content (AvgIpc) is 3.30. The number of nitrogens with zero attached hydrogens (tertiary/aromatic N) is 4. The van der Waals surface area contributed by atoms with E-state index < -0.39 is 0 Å². The number of ether oxygens (including phenoxy) is 3. The molecule has 4 rings (SSSR count). The first-order valence-corrected chi connectivity index (χ1v) is 11.2. The molecule has 2 aromatic heterocycles. The van der Waals surface area contributed by atoms with Crippen molar-refractivity contribution in [1.82, 2.24) is 25.1 Å². The van der Waals surface area contributed by atoms with Gasteiger partial charge in [0.25, 0.3) is 0 Å². The summed E-state index contributed by atoms with van der Waals surface area (Å²) in [4.78, 5) is 21.1. The van der Waals surface area contributed by atoms with E-state index in [1.165, 1.54) is 30.2 Å². The zero-order valence-electron chi connectivity index (χ0n) is 18.7. The second kappa shape index (κ2) is 10.4. The molecule has 0 aliphatic carbocycles. The number of rotatable bonds is 9. The highest BCUT2D eigenvalue weighted by Crippen LogP contribution is 2.34. The Morgan fingerprint density at radius 3 is 2.44 bits per heavy atom. The molecule has 0 aliphatic heterocycles. The fourth-order valence-corrected chi connectivity index (χ4v) is 4.11. The molecule has 1 amide bonds. The van der Waals surface area contributed by atoms with Crippen LogP contribution in [0, 0.1) is 5.82 Å². The molecule has 9 nitrogen and oxygen atoms in total. The SMILES string of the molecule is COc1cc(OC)c(OC)cc1CNC(=O)CSc1ncnc2c1cnn2-c1ccc(F)cc1. The van der Waals surface area contributed by atoms with Gasteiger partial charge in [0.15, 0.2) is 17.1 Å². The van der Waals surface area contributed by atoms with Gasteiger partial charge in [-0.1, -0.05) is 11.8 Å². The Labute approximate surface area is 199 Å². The number of benzene rings is 2. The lowest BCUT2D eigenvalue weighted by molar-refractivity contribution is -0.118. The third-order valence-electron chi connectivity index (χ3n) is 5.00. The zero-order chi connectivity index (χ0) is 24.1. The van der Waals surface area contributed by atoms with Crippen LogP contribution in [-0.4, -0.2) is 52.7 Å². The van der Waals surface area contributed by atoms with Gasteiger partial charge in [-0.25, -0.2) is 19.0 Å². The number of nitrogens with one attached hydrogen (secondary N) is 1. The van der Waals surface area contributed by atoms with E-state index in [2.05, 4.69) is 20.4 Å². The third-order valence-corrected chi connectivity index (χ3v) is 6.01. The van der Waals surface area contributed by atoms with Crippen molar-refractivity contribution in [1.29, 1.82) is 0 Å². The Morgan fingerprint density at radius 2 is 1.74 bits per heavy atom. The molecule has 2 aromatic carbocycles. The number of hydrogen-bond acceptors (Lipinski definition) is 8. The Hall–Kier alpha value is -3.86. The van der Waals surface area contributed by atoms with Crippen LogP contribution in [-0.2, 0) is 11.3 Å². The molecule has 0 saturated carbocycles. The Kier molecular flexibility index (Phi) is 7.12. The zero-order valence-corrected chi connectivity index (χ0v) is 19.6. The summed E-state index contributed by atoms with van der Waals surface area (Å²) in [6.45, 7) is 0.255. The minimum absolute atomic E-state index is 0.142. The number of halogens is 1. The van der Waals surface area contributed by atoms with E-state index in [9.17, 15) is 9.18 Å². The highest BCUT2D eigenvalue weighted by molar-refractivity contribution is 8.00. The normalized spacial score (nSPS) is 10.8. The summed E-state index contributed by atoms with van der Waals surface area (Å²) in [6.07, 6.45) is 3.05. The molecule has 0 aliphatic rings. The molecule has 176 valence electrons. The highest BCUT2D eigenvalue weighted by Gasteiger charge is 2.15. The maximum Gasteiger partial charge on any atom is 0.230 e. The van der Waals surface area contributed by atoms with Crippen LogP contribution >= 0.6 is 11.8 Å². The van der Waals surface area contributed by atoms with Crippen LogP contribution in [0.25, 0.3) is 16.7 Å². The van der Waals surface area contributed by atoms with Gasteiger partial charge < -0.3 is 19.5 Å². The molecule has 1 N–H and O–H groups in total. The van der Waals surface area contributed by atoms with E-state index >= 15 is 0 Å². The van der Waals surface area contributed by atoms with Crippen molar-refractivity contribution in [2.24, 2.45) is 0 Å². The van der Waals surface area contributed by atoms with Crippen molar-refractivity contribution in [2.75, 3.05) is 27.1 Å². The molecule has 34 heavy (non-hydrogen) atoms. The van der Waals surface area contributed by atoms with Crippen LogP contribution in [0.5, 0.6) is 17.2 Å². The second-order valence-electron chi connectivity index (χ2n) is 7.03. The Bertz CT molecular complexity index is 1310. The monoisotopic (exact) mass is 483 g/mol. The van der Waals surface area contributed by atoms with E-state index in [1.54, 1.807) is 56.5 Å².